The van der Waals surface area contributed by atoms with Crippen molar-refractivity contribution in [3.8, 4) is 17.4 Å². The van der Waals surface area contributed by atoms with Gasteiger partial charge < -0.3 is 34.1 Å². The third kappa shape index (κ3) is 5.57. The summed E-state index contributed by atoms with van der Waals surface area (Å²) < 4.78 is 11.1. The van der Waals surface area contributed by atoms with Crippen LogP contribution >= 0.6 is 12.0 Å². The van der Waals surface area contributed by atoms with Gasteiger partial charge in [0.05, 0.1) is 6.61 Å². The second-order valence-corrected chi connectivity index (χ2v) is 10.3. The summed E-state index contributed by atoms with van der Waals surface area (Å²) in [6.07, 6.45) is 1.33. The molecule has 1 aromatic heterocycles. The van der Waals surface area contributed by atoms with Crippen LogP contribution in [0.15, 0.2) is 58.5 Å². The molecule has 2 aromatic carbocycles. The van der Waals surface area contributed by atoms with E-state index in [4.69, 9.17) is 8.60 Å². The monoisotopic (exact) mass is 535 g/mol. The van der Waals surface area contributed by atoms with Crippen molar-refractivity contribution in [3.63, 3.8) is 0 Å². The van der Waals surface area contributed by atoms with E-state index in [0.29, 0.717) is 23.6 Å². The van der Waals surface area contributed by atoms with Crippen LogP contribution in [0.5, 0.6) is 0 Å². The number of hydrogen-bond donors (Lipinski definition) is 4. The van der Waals surface area contributed by atoms with Gasteiger partial charge in [-0.2, -0.15) is 5.26 Å². The lowest BCUT2D eigenvalue weighted by Gasteiger charge is -2.35. The Balaban J connectivity index is 1.29. The van der Waals surface area contributed by atoms with Crippen LogP contribution in [0.2, 0.25) is 0 Å². The van der Waals surface area contributed by atoms with Gasteiger partial charge in [0.1, 0.15) is 46.8 Å². The third-order valence-corrected chi connectivity index (χ3v) is 7.85. The second-order valence-electron chi connectivity index (χ2n) is 9.45. The van der Waals surface area contributed by atoms with Crippen LogP contribution in [0.25, 0.3) is 28.2 Å². The molecule has 2 fully saturated rings. The van der Waals surface area contributed by atoms with Gasteiger partial charge in [-0.05, 0) is 60.4 Å². The number of carbonyl (C=O) groups excluding carboxylic acids is 1. The Morgan fingerprint density at radius 3 is 2.61 bits per heavy atom. The highest BCUT2D eigenvalue weighted by Crippen LogP contribution is 2.31. The first-order valence-corrected chi connectivity index (χ1v) is 13.4. The number of aliphatic hydroxyl groups is 3. The molecular weight excluding hydrogens is 506 g/mol. The Hall–Kier alpha value is -3.33. The van der Waals surface area contributed by atoms with Crippen molar-refractivity contribution in [1.82, 2.24) is 5.32 Å². The highest BCUT2D eigenvalue weighted by molar-refractivity contribution is 7.95. The summed E-state index contributed by atoms with van der Waals surface area (Å²) >= 11 is 0.717. The van der Waals surface area contributed by atoms with Crippen molar-refractivity contribution in [2.45, 2.75) is 42.9 Å². The van der Waals surface area contributed by atoms with Crippen LogP contribution in [0.3, 0.4) is 0 Å². The maximum Gasteiger partial charge on any atom is 0.263 e. The van der Waals surface area contributed by atoms with Crippen molar-refractivity contribution in [1.29, 1.82) is 5.26 Å². The van der Waals surface area contributed by atoms with Crippen molar-refractivity contribution in [3.05, 3.63) is 59.9 Å². The first-order valence-electron chi connectivity index (χ1n) is 12.6. The highest BCUT2D eigenvalue weighted by atomic mass is 32.2. The average Bonchev–Trinajstić information content (AvgIpc) is 3.43. The van der Waals surface area contributed by atoms with E-state index in [1.165, 1.54) is 31.0 Å². The summed E-state index contributed by atoms with van der Waals surface area (Å²) in [5.41, 5.74) is 1.88. The lowest BCUT2D eigenvalue weighted by Crippen LogP contribution is -2.55. The molecule has 2 aliphatic rings. The highest BCUT2D eigenvalue weighted by Gasteiger charge is 2.40. The number of nitriles is 1. The number of anilines is 1. The van der Waals surface area contributed by atoms with E-state index in [9.17, 15) is 25.4 Å². The molecule has 2 aliphatic heterocycles. The van der Waals surface area contributed by atoms with E-state index in [-0.39, 0.29) is 5.57 Å². The SMILES string of the molecule is N#C/C(=C\c1ccc(-c2ccc3cc(N4CCCCC4)ccc3c2)o1)C(=O)N[C@H]1SO[C@H](CO)[C@@H](O)[C@@H]1O. The Labute approximate surface area is 224 Å². The lowest BCUT2D eigenvalue weighted by molar-refractivity contribution is -0.120. The summed E-state index contributed by atoms with van der Waals surface area (Å²) in [6.45, 7) is 1.71. The largest absolute Gasteiger partial charge is 0.457 e. The van der Waals surface area contributed by atoms with Crippen LogP contribution < -0.4 is 10.2 Å². The van der Waals surface area contributed by atoms with Crippen LogP contribution in [-0.2, 0) is 8.98 Å². The molecule has 38 heavy (non-hydrogen) atoms. The van der Waals surface area contributed by atoms with Crippen molar-refractivity contribution < 1.29 is 28.7 Å². The number of nitrogens with zero attached hydrogens (tertiary/aromatic N) is 2. The maximum atomic E-state index is 12.7. The molecular formula is C28H29N3O6S. The van der Waals surface area contributed by atoms with Gasteiger partial charge in [-0.15, -0.1) is 0 Å². The van der Waals surface area contributed by atoms with Gasteiger partial charge in [0.2, 0.25) is 0 Å². The fourth-order valence-electron chi connectivity index (χ4n) is 4.71. The Morgan fingerprint density at radius 1 is 1.08 bits per heavy atom. The predicted molar refractivity (Wildman–Crippen MR) is 145 cm³/mol. The number of benzene rings is 2. The van der Waals surface area contributed by atoms with E-state index >= 15 is 0 Å². The molecule has 9 nitrogen and oxygen atoms in total. The molecule has 10 heteroatoms. The minimum Gasteiger partial charge on any atom is -0.457 e. The fraction of sp³-hybridized carbons (Fsp3) is 0.357. The molecule has 0 aliphatic carbocycles. The van der Waals surface area contributed by atoms with E-state index in [2.05, 4.69) is 34.5 Å². The Bertz CT molecular complexity index is 1380. The first-order chi connectivity index (χ1) is 18.5. The molecule has 3 aromatic rings. The van der Waals surface area contributed by atoms with Crippen LogP contribution in [0.4, 0.5) is 5.69 Å². The minimum absolute atomic E-state index is 0.235. The molecule has 0 unspecified atom stereocenters. The topological polar surface area (TPSA) is 139 Å². The summed E-state index contributed by atoms with van der Waals surface area (Å²) in [7, 11) is 0. The number of fused-ring (bicyclic) bond motifs is 1. The zero-order chi connectivity index (χ0) is 26.6. The van der Waals surface area contributed by atoms with Crippen LogP contribution in [0.1, 0.15) is 25.0 Å². The normalized spacial score (nSPS) is 24.3. The molecule has 2 saturated heterocycles. The summed E-state index contributed by atoms with van der Waals surface area (Å²) in [5, 5.41) is 42.6. The fourth-order valence-corrected chi connectivity index (χ4v) is 5.58. The van der Waals surface area contributed by atoms with E-state index in [0.717, 1.165) is 29.4 Å². The molecule has 0 spiro atoms. The van der Waals surface area contributed by atoms with E-state index in [1.807, 2.05) is 18.2 Å². The predicted octanol–water partition coefficient (Wildman–Crippen LogP) is 3.20. The van der Waals surface area contributed by atoms with Gasteiger partial charge in [0, 0.05) is 42.5 Å². The number of carbonyl (C=O) groups is 1. The number of nitrogens with one attached hydrogen (secondary N) is 1. The van der Waals surface area contributed by atoms with Gasteiger partial charge in [-0.25, -0.2) is 0 Å². The number of hydrogen-bond acceptors (Lipinski definition) is 9. The average molecular weight is 536 g/mol. The standard InChI is InChI=1S/C28H29N3O6S/c29-15-20(27(35)30-28-26(34)25(33)24(16-32)37-38-28)14-22-8-9-23(36-22)19-5-4-18-13-21(7-6-17(18)12-19)31-10-2-1-3-11-31/h4-9,12-14,24-26,28,32-34H,1-3,10-11,16H2,(H,30,35)/b20-14+/t24-,25-,26+,28+/m1/s1. The zero-order valence-corrected chi connectivity index (χ0v) is 21.4. The van der Waals surface area contributed by atoms with Crippen LogP contribution in [0, 0.1) is 11.3 Å². The second kappa shape index (κ2) is 11.6. The lowest BCUT2D eigenvalue weighted by atomic mass is 10.0. The number of piperidine rings is 1. The first kappa shape index (κ1) is 26.3. The molecule has 1 amide bonds. The van der Waals surface area contributed by atoms with Crippen LogP contribution in [-0.4, -0.2) is 64.6 Å². The molecule has 4 atom stereocenters. The van der Waals surface area contributed by atoms with Gasteiger partial charge in [0.25, 0.3) is 5.91 Å². The molecule has 4 N–H and O–H groups in total. The quantitative estimate of drug-likeness (QED) is 0.213. The summed E-state index contributed by atoms with van der Waals surface area (Å²) in [4.78, 5) is 15.1. The third-order valence-electron chi connectivity index (χ3n) is 6.89. The van der Waals surface area contributed by atoms with Crippen molar-refractivity contribution >= 4 is 40.5 Å². The van der Waals surface area contributed by atoms with E-state index < -0.39 is 36.2 Å². The van der Waals surface area contributed by atoms with Crippen molar-refractivity contribution in [2.75, 3.05) is 24.6 Å². The summed E-state index contributed by atoms with van der Waals surface area (Å²) in [5.74, 6) is 0.164. The maximum absolute atomic E-state index is 12.7. The Morgan fingerprint density at radius 2 is 1.84 bits per heavy atom. The van der Waals surface area contributed by atoms with E-state index in [1.54, 1.807) is 12.1 Å². The number of aliphatic hydroxyl groups excluding tert-OH is 3. The van der Waals surface area contributed by atoms with Crippen molar-refractivity contribution in [2.24, 2.45) is 0 Å². The van der Waals surface area contributed by atoms with Gasteiger partial charge in [0.15, 0.2) is 0 Å². The molecule has 3 heterocycles. The summed E-state index contributed by atoms with van der Waals surface area (Å²) in [6, 6.07) is 17.9. The molecule has 5 rings (SSSR count). The van der Waals surface area contributed by atoms with Gasteiger partial charge >= 0.3 is 0 Å². The zero-order valence-electron chi connectivity index (χ0n) is 20.6. The Kier molecular flexibility index (Phi) is 8.02. The van der Waals surface area contributed by atoms with Gasteiger partial charge in [-0.3, -0.25) is 4.79 Å². The minimum atomic E-state index is -1.38. The molecule has 0 bridgehead atoms. The smallest absolute Gasteiger partial charge is 0.263 e. The van der Waals surface area contributed by atoms with Gasteiger partial charge in [-0.1, -0.05) is 18.2 Å². The number of furan rings is 1. The number of amides is 1. The molecule has 198 valence electrons. The number of rotatable bonds is 6. The molecule has 0 radical (unpaired) electrons. The molecule has 0 saturated carbocycles.